The Morgan fingerprint density at radius 3 is 2.58 bits per heavy atom. The summed E-state index contributed by atoms with van der Waals surface area (Å²) in [6, 6.07) is 11.1. The molecule has 2 N–H and O–H groups in total. The predicted molar refractivity (Wildman–Crippen MR) is 99.4 cm³/mol. The molecule has 2 aromatic heterocycles. The fraction of sp³-hybridized carbons (Fsp3) is 0.333. The van der Waals surface area contributed by atoms with Gasteiger partial charge in [0, 0.05) is 11.8 Å². The van der Waals surface area contributed by atoms with Crippen molar-refractivity contribution in [2.75, 3.05) is 0 Å². The van der Waals surface area contributed by atoms with Crippen molar-refractivity contribution in [2.24, 2.45) is 5.73 Å². The van der Waals surface area contributed by atoms with Crippen LogP contribution < -0.4 is 11.2 Å². The lowest BCUT2D eigenvalue weighted by Gasteiger charge is -2.17. The Morgan fingerprint density at radius 1 is 1.19 bits per heavy atom. The van der Waals surface area contributed by atoms with Gasteiger partial charge in [-0.1, -0.05) is 36.2 Å². The van der Waals surface area contributed by atoms with Crippen LogP contribution >= 0.6 is 12.4 Å². The third-order valence-corrected chi connectivity index (χ3v) is 4.68. The van der Waals surface area contributed by atoms with Crippen molar-refractivity contribution >= 4 is 12.4 Å². The topological polar surface area (TPSA) is 99.8 Å². The fourth-order valence-corrected chi connectivity index (χ4v) is 3.28. The minimum atomic E-state index is -0.565. The molecule has 7 nitrogen and oxygen atoms in total. The number of benzene rings is 1. The zero-order valence-corrected chi connectivity index (χ0v) is 15.2. The number of aromatic nitrogens is 4. The first-order valence-corrected chi connectivity index (χ1v) is 8.37. The molecular formula is C18H20ClN5O2. The summed E-state index contributed by atoms with van der Waals surface area (Å²) >= 11 is 0. The second-order valence-corrected chi connectivity index (χ2v) is 6.53. The van der Waals surface area contributed by atoms with Crippen molar-refractivity contribution in [3.05, 3.63) is 58.1 Å². The first-order chi connectivity index (χ1) is 12.1. The van der Waals surface area contributed by atoms with Crippen LogP contribution in [-0.2, 0) is 5.54 Å². The molecule has 1 aliphatic carbocycles. The summed E-state index contributed by atoms with van der Waals surface area (Å²) in [5, 5.41) is 8.46. The van der Waals surface area contributed by atoms with E-state index < -0.39 is 5.54 Å². The molecule has 0 saturated heterocycles. The Kier molecular flexibility index (Phi) is 4.93. The van der Waals surface area contributed by atoms with E-state index in [0.717, 1.165) is 37.1 Å². The van der Waals surface area contributed by atoms with Gasteiger partial charge < -0.3 is 10.3 Å². The maximum Gasteiger partial charge on any atom is 0.282 e. The SMILES string of the molecule is Cc1cc(=O)c(-c2nc(C3(N)CCCC3)no2)nn1-c1ccccc1.Cl. The third kappa shape index (κ3) is 3.15. The second kappa shape index (κ2) is 7.01. The van der Waals surface area contributed by atoms with Gasteiger partial charge in [-0.25, -0.2) is 4.68 Å². The van der Waals surface area contributed by atoms with E-state index >= 15 is 0 Å². The average Bonchev–Trinajstić information content (AvgIpc) is 3.26. The van der Waals surface area contributed by atoms with E-state index in [1.807, 2.05) is 37.3 Å². The Balaban J connectivity index is 0.00000196. The number of nitrogens with two attached hydrogens (primary N) is 1. The molecule has 0 bridgehead atoms. The smallest absolute Gasteiger partial charge is 0.282 e. The number of halogens is 1. The van der Waals surface area contributed by atoms with E-state index in [4.69, 9.17) is 10.3 Å². The van der Waals surface area contributed by atoms with E-state index in [1.54, 1.807) is 4.68 Å². The van der Waals surface area contributed by atoms with E-state index in [2.05, 4.69) is 15.2 Å². The van der Waals surface area contributed by atoms with Crippen molar-refractivity contribution < 1.29 is 4.52 Å². The second-order valence-electron chi connectivity index (χ2n) is 6.53. The first-order valence-electron chi connectivity index (χ1n) is 8.37. The summed E-state index contributed by atoms with van der Waals surface area (Å²) in [7, 11) is 0. The maximum absolute atomic E-state index is 12.4. The highest BCUT2D eigenvalue weighted by atomic mass is 35.5. The quantitative estimate of drug-likeness (QED) is 0.757. The third-order valence-electron chi connectivity index (χ3n) is 4.68. The number of hydrogen-bond donors (Lipinski definition) is 1. The van der Waals surface area contributed by atoms with Gasteiger partial charge in [-0.3, -0.25) is 4.79 Å². The van der Waals surface area contributed by atoms with Crippen LogP contribution in [0.4, 0.5) is 0 Å². The molecule has 0 unspecified atom stereocenters. The van der Waals surface area contributed by atoms with Crippen LogP contribution in [-0.4, -0.2) is 19.9 Å². The molecule has 1 aliphatic rings. The molecule has 2 heterocycles. The van der Waals surface area contributed by atoms with Gasteiger partial charge in [0.2, 0.25) is 5.43 Å². The normalized spacial score (nSPS) is 15.6. The van der Waals surface area contributed by atoms with Crippen LogP contribution in [0.1, 0.15) is 37.2 Å². The van der Waals surface area contributed by atoms with Gasteiger partial charge in [0.05, 0.1) is 11.2 Å². The molecule has 26 heavy (non-hydrogen) atoms. The summed E-state index contributed by atoms with van der Waals surface area (Å²) in [4.78, 5) is 16.8. The highest BCUT2D eigenvalue weighted by Gasteiger charge is 2.36. The molecule has 0 radical (unpaired) electrons. The van der Waals surface area contributed by atoms with Gasteiger partial charge >= 0.3 is 0 Å². The number of nitrogens with zero attached hydrogens (tertiary/aromatic N) is 4. The van der Waals surface area contributed by atoms with Gasteiger partial charge in [-0.05, 0) is 31.9 Å². The standard InChI is InChI=1S/C18H19N5O2.ClH/c1-12-11-14(24)15(21-23(12)13-7-3-2-4-8-13)16-20-17(22-25-16)18(19)9-5-6-10-18;/h2-4,7-8,11H,5-6,9-10,19H2,1H3;1H. The lowest BCUT2D eigenvalue weighted by atomic mass is 9.99. The van der Waals surface area contributed by atoms with Crippen molar-refractivity contribution in [3.8, 4) is 17.3 Å². The van der Waals surface area contributed by atoms with Crippen LogP contribution in [0.3, 0.4) is 0 Å². The number of para-hydroxylation sites is 1. The molecule has 0 atom stereocenters. The zero-order valence-electron chi connectivity index (χ0n) is 14.4. The van der Waals surface area contributed by atoms with E-state index in [9.17, 15) is 4.79 Å². The van der Waals surface area contributed by atoms with E-state index in [1.165, 1.54) is 6.07 Å². The number of rotatable bonds is 3. The molecule has 136 valence electrons. The Hall–Kier alpha value is -2.51. The summed E-state index contributed by atoms with van der Waals surface area (Å²) in [6.07, 6.45) is 3.73. The van der Waals surface area contributed by atoms with Crippen molar-refractivity contribution in [3.63, 3.8) is 0 Å². The van der Waals surface area contributed by atoms with Crippen molar-refractivity contribution in [1.82, 2.24) is 19.9 Å². The molecule has 1 aromatic carbocycles. The highest BCUT2D eigenvalue weighted by molar-refractivity contribution is 5.85. The summed E-state index contributed by atoms with van der Waals surface area (Å²) in [6.45, 7) is 1.83. The monoisotopic (exact) mass is 373 g/mol. The molecule has 1 fully saturated rings. The van der Waals surface area contributed by atoms with Crippen molar-refractivity contribution in [2.45, 2.75) is 38.1 Å². The summed E-state index contributed by atoms with van der Waals surface area (Å²) in [5.74, 6) is 0.564. The lowest BCUT2D eigenvalue weighted by Crippen LogP contribution is -2.34. The van der Waals surface area contributed by atoms with Gasteiger partial charge in [0.1, 0.15) is 0 Å². The van der Waals surface area contributed by atoms with Crippen LogP contribution in [0, 0.1) is 6.92 Å². The molecule has 0 spiro atoms. The Bertz CT molecular complexity index is 961. The summed E-state index contributed by atoms with van der Waals surface area (Å²) in [5.41, 5.74) is 7.26. The molecule has 4 rings (SSSR count). The minimum absolute atomic E-state index is 0. The van der Waals surface area contributed by atoms with Gasteiger partial charge in [-0.15, -0.1) is 12.4 Å². The largest absolute Gasteiger partial charge is 0.332 e. The minimum Gasteiger partial charge on any atom is -0.332 e. The Morgan fingerprint density at radius 2 is 1.88 bits per heavy atom. The van der Waals surface area contributed by atoms with Crippen LogP contribution in [0.2, 0.25) is 0 Å². The van der Waals surface area contributed by atoms with E-state index in [-0.39, 0.29) is 29.4 Å². The summed E-state index contributed by atoms with van der Waals surface area (Å²) < 4.78 is 7.01. The van der Waals surface area contributed by atoms with Crippen LogP contribution in [0.25, 0.3) is 17.3 Å². The Labute approximate surface area is 156 Å². The van der Waals surface area contributed by atoms with Crippen LogP contribution in [0.15, 0.2) is 45.7 Å². The lowest BCUT2D eigenvalue weighted by molar-refractivity contribution is 0.372. The number of aryl methyl sites for hydroxylation is 1. The molecule has 0 aliphatic heterocycles. The predicted octanol–water partition coefficient (Wildman–Crippen LogP) is 2.74. The molecule has 1 saturated carbocycles. The molecule has 0 amide bonds. The van der Waals surface area contributed by atoms with Gasteiger partial charge in [0.15, 0.2) is 11.5 Å². The maximum atomic E-state index is 12.4. The number of hydrogen-bond acceptors (Lipinski definition) is 6. The van der Waals surface area contributed by atoms with E-state index in [0.29, 0.717) is 5.82 Å². The fourth-order valence-electron chi connectivity index (χ4n) is 3.28. The van der Waals surface area contributed by atoms with Crippen LogP contribution in [0.5, 0.6) is 0 Å². The highest BCUT2D eigenvalue weighted by Crippen LogP contribution is 2.35. The molecular weight excluding hydrogens is 354 g/mol. The average molecular weight is 374 g/mol. The van der Waals surface area contributed by atoms with Gasteiger partial charge in [0.25, 0.3) is 5.89 Å². The molecule has 8 heteroatoms. The molecule has 3 aromatic rings. The zero-order chi connectivity index (χ0) is 17.4. The van der Waals surface area contributed by atoms with Crippen molar-refractivity contribution in [1.29, 1.82) is 0 Å². The first kappa shape index (κ1) is 18.3. The van der Waals surface area contributed by atoms with Gasteiger partial charge in [-0.2, -0.15) is 10.1 Å².